The number of carbonyl (C=O) groups excluding carboxylic acids is 1. The zero-order valence-electron chi connectivity index (χ0n) is 17.5. The van der Waals surface area contributed by atoms with Crippen molar-refractivity contribution in [2.24, 2.45) is 12.2 Å². The molecular weight excluding hydrogens is 382 g/mol. The average molecular weight is 407 g/mol. The summed E-state index contributed by atoms with van der Waals surface area (Å²) in [5.74, 6) is 0.924. The molecule has 1 heterocycles. The van der Waals surface area contributed by atoms with E-state index in [9.17, 15) is 4.79 Å². The smallest absolute Gasteiger partial charge is 0.338 e. The highest BCUT2D eigenvalue weighted by atomic mass is 16.6. The van der Waals surface area contributed by atoms with Crippen LogP contribution >= 0.6 is 0 Å². The molecule has 0 saturated carbocycles. The van der Waals surface area contributed by atoms with E-state index >= 15 is 0 Å². The van der Waals surface area contributed by atoms with Crippen LogP contribution in [0.25, 0.3) is 0 Å². The van der Waals surface area contributed by atoms with Crippen molar-refractivity contribution >= 4 is 12.2 Å². The second-order valence-corrected chi connectivity index (χ2v) is 7.65. The molecule has 0 bridgehead atoms. The molecule has 0 radical (unpaired) electrons. The van der Waals surface area contributed by atoms with Crippen LogP contribution in [0.4, 0.5) is 0 Å². The number of nitrogens with zero attached hydrogens (tertiary/aromatic N) is 3. The zero-order valence-corrected chi connectivity index (χ0v) is 17.5. The van der Waals surface area contributed by atoms with E-state index in [1.54, 1.807) is 36.3 Å². The van der Waals surface area contributed by atoms with Crippen LogP contribution in [0.2, 0.25) is 0 Å². The minimum absolute atomic E-state index is 0.264. The van der Waals surface area contributed by atoms with Crippen LogP contribution in [0.1, 0.15) is 42.3 Å². The molecular formula is C23H25N3O4. The number of oxime groups is 1. The van der Waals surface area contributed by atoms with Gasteiger partial charge in [0.05, 0.1) is 23.5 Å². The second kappa shape index (κ2) is 9.26. The number of rotatable bonds is 7. The lowest BCUT2D eigenvalue weighted by Gasteiger charge is -2.19. The quantitative estimate of drug-likeness (QED) is 0.322. The molecule has 0 atom stereocenters. The fourth-order valence-corrected chi connectivity index (χ4v) is 2.54. The molecule has 3 rings (SSSR count). The normalized spacial score (nSPS) is 11.5. The van der Waals surface area contributed by atoms with Crippen molar-refractivity contribution in [1.82, 2.24) is 9.78 Å². The van der Waals surface area contributed by atoms with Gasteiger partial charge in [0.15, 0.2) is 0 Å². The monoisotopic (exact) mass is 407 g/mol. The molecule has 3 aromatic rings. The van der Waals surface area contributed by atoms with Crippen molar-refractivity contribution in [3.63, 3.8) is 0 Å². The van der Waals surface area contributed by atoms with Gasteiger partial charge in [-0.3, -0.25) is 0 Å². The molecule has 0 unspecified atom stereocenters. The standard InChI is InChI=1S/C23H25N3O4/c1-23(2,3)30-22(27)18-12-10-17(11-13-18)16-28-25-15-19-14-24-26(4)21(19)29-20-8-6-5-7-9-20/h5-15H,16H2,1-4H3/b25-15+. The third kappa shape index (κ3) is 5.94. The molecule has 0 N–H and O–H groups in total. The van der Waals surface area contributed by atoms with Gasteiger partial charge in [-0.2, -0.15) is 5.10 Å². The second-order valence-electron chi connectivity index (χ2n) is 7.65. The summed E-state index contributed by atoms with van der Waals surface area (Å²) in [5, 5.41) is 8.21. The first-order chi connectivity index (χ1) is 14.3. The predicted octanol–water partition coefficient (Wildman–Crippen LogP) is 4.72. The van der Waals surface area contributed by atoms with Crippen LogP contribution in [0.15, 0.2) is 65.9 Å². The Labute approximate surface area is 175 Å². The van der Waals surface area contributed by atoms with Gasteiger partial charge in [0.25, 0.3) is 0 Å². The first-order valence-electron chi connectivity index (χ1n) is 9.54. The number of esters is 1. The van der Waals surface area contributed by atoms with E-state index in [1.165, 1.54) is 0 Å². The molecule has 30 heavy (non-hydrogen) atoms. The van der Waals surface area contributed by atoms with E-state index < -0.39 is 5.60 Å². The topological polar surface area (TPSA) is 74.9 Å². The first kappa shape index (κ1) is 21.1. The summed E-state index contributed by atoms with van der Waals surface area (Å²) in [6.45, 7) is 5.78. The Balaban J connectivity index is 1.56. The summed E-state index contributed by atoms with van der Waals surface area (Å²) in [6.07, 6.45) is 3.21. The number of aryl methyl sites for hydroxylation is 1. The molecule has 0 saturated heterocycles. The fourth-order valence-electron chi connectivity index (χ4n) is 2.54. The Morgan fingerprint density at radius 1 is 1.10 bits per heavy atom. The summed E-state index contributed by atoms with van der Waals surface area (Å²) < 4.78 is 12.9. The van der Waals surface area contributed by atoms with Gasteiger partial charge >= 0.3 is 5.97 Å². The summed E-state index contributed by atoms with van der Waals surface area (Å²) in [6, 6.07) is 16.5. The van der Waals surface area contributed by atoms with E-state index in [2.05, 4.69) is 10.3 Å². The van der Waals surface area contributed by atoms with Gasteiger partial charge in [-0.15, -0.1) is 0 Å². The van der Waals surface area contributed by atoms with Crippen molar-refractivity contribution < 1.29 is 19.1 Å². The van der Waals surface area contributed by atoms with Crippen molar-refractivity contribution in [2.45, 2.75) is 33.0 Å². The van der Waals surface area contributed by atoms with Crippen LogP contribution < -0.4 is 4.74 Å². The number of para-hydroxylation sites is 1. The Hall–Kier alpha value is -3.61. The van der Waals surface area contributed by atoms with Crippen molar-refractivity contribution in [3.05, 3.63) is 77.5 Å². The molecule has 0 fully saturated rings. The minimum Gasteiger partial charge on any atom is -0.456 e. The van der Waals surface area contributed by atoms with Crippen LogP contribution in [0, 0.1) is 0 Å². The highest BCUT2D eigenvalue weighted by molar-refractivity contribution is 5.89. The summed E-state index contributed by atoms with van der Waals surface area (Å²) >= 11 is 0. The summed E-state index contributed by atoms with van der Waals surface area (Å²) in [5.41, 5.74) is 1.55. The predicted molar refractivity (Wildman–Crippen MR) is 114 cm³/mol. The number of aromatic nitrogens is 2. The number of benzene rings is 2. The molecule has 1 aromatic heterocycles. The number of hydrogen-bond donors (Lipinski definition) is 0. The van der Waals surface area contributed by atoms with E-state index in [0.29, 0.717) is 22.8 Å². The number of carbonyl (C=O) groups is 1. The third-order valence-corrected chi connectivity index (χ3v) is 3.95. The lowest BCUT2D eigenvalue weighted by atomic mass is 10.1. The lowest BCUT2D eigenvalue weighted by molar-refractivity contribution is 0.00694. The number of hydrogen-bond acceptors (Lipinski definition) is 6. The molecule has 0 amide bonds. The van der Waals surface area contributed by atoms with Crippen LogP contribution in [0.3, 0.4) is 0 Å². The molecule has 7 nitrogen and oxygen atoms in total. The van der Waals surface area contributed by atoms with Gasteiger partial charge < -0.3 is 14.3 Å². The Morgan fingerprint density at radius 3 is 2.47 bits per heavy atom. The van der Waals surface area contributed by atoms with Gasteiger partial charge in [0, 0.05) is 7.05 Å². The molecule has 7 heteroatoms. The van der Waals surface area contributed by atoms with Crippen LogP contribution in [-0.4, -0.2) is 27.6 Å². The van der Waals surface area contributed by atoms with Crippen molar-refractivity contribution in [3.8, 4) is 11.6 Å². The zero-order chi connectivity index (χ0) is 21.6. The largest absolute Gasteiger partial charge is 0.456 e. The van der Waals surface area contributed by atoms with Crippen LogP contribution in [-0.2, 0) is 23.2 Å². The van der Waals surface area contributed by atoms with Crippen LogP contribution in [0.5, 0.6) is 11.6 Å². The van der Waals surface area contributed by atoms with Gasteiger partial charge in [0.2, 0.25) is 5.88 Å². The molecule has 0 aliphatic heterocycles. The maximum Gasteiger partial charge on any atom is 0.338 e. The Bertz CT molecular complexity index is 1000. The van der Waals surface area contributed by atoms with E-state index in [-0.39, 0.29) is 12.6 Å². The SMILES string of the molecule is Cn1ncc(/C=N/OCc2ccc(C(=O)OC(C)(C)C)cc2)c1Oc1ccccc1. The fraction of sp³-hybridized carbons (Fsp3) is 0.261. The minimum atomic E-state index is -0.525. The molecule has 0 spiro atoms. The summed E-state index contributed by atoms with van der Waals surface area (Å²) in [4.78, 5) is 17.4. The Kier molecular flexibility index (Phi) is 6.51. The number of ether oxygens (including phenoxy) is 2. The van der Waals surface area contributed by atoms with Gasteiger partial charge in [-0.25, -0.2) is 9.48 Å². The molecule has 2 aromatic carbocycles. The first-order valence-corrected chi connectivity index (χ1v) is 9.54. The van der Waals surface area contributed by atoms with E-state index in [0.717, 1.165) is 5.56 Å². The van der Waals surface area contributed by atoms with Crippen molar-refractivity contribution in [2.75, 3.05) is 0 Å². The highest BCUT2D eigenvalue weighted by Gasteiger charge is 2.17. The third-order valence-electron chi connectivity index (χ3n) is 3.95. The molecule has 156 valence electrons. The van der Waals surface area contributed by atoms with Gasteiger partial charge in [-0.05, 0) is 50.6 Å². The Morgan fingerprint density at radius 2 is 1.80 bits per heavy atom. The summed E-state index contributed by atoms with van der Waals surface area (Å²) in [7, 11) is 1.79. The maximum absolute atomic E-state index is 12.1. The van der Waals surface area contributed by atoms with Gasteiger partial charge in [0.1, 0.15) is 18.0 Å². The lowest BCUT2D eigenvalue weighted by Crippen LogP contribution is -2.23. The van der Waals surface area contributed by atoms with Gasteiger partial charge in [-0.1, -0.05) is 35.5 Å². The maximum atomic E-state index is 12.1. The van der Waals surface area contributed by atoms with E-state index in [4.69, 9.17) is 14.3 Å². The average Bonchev–Trinajstić information content (AvgIpc) is 3.05. The molecule has 0 aliphatic rings. The highest BCUT2D eigenvalue weighted by Crippen LogP contribution is 2.23. The van der Waals surface area contributed by atoms with Crippen molar-refractivity contribution in [1.29, 1.82) is 0 Å². The van der Waals surface area contributed by atoms with E-state index in [1.807, 2.05) is 63.2 Å². The molecule has 0 aliphatic carbocycles.